The number of rotatable bonds is 5. The quantitative estimate of drug-likeness (QED) is 0.799. The highest BCUT2D eigenvalue weighted by Gasteiger charge is 1.97. The Balaban J connectivity index is 1.73. The van der Waals surface area contributed by atoms with Crippen LogP contribution in [0.2, 0.25) is 0 Å². The first-order chi connectivity index (χ1) is 8.24. The zero-order valence-electron chi connectivity index (χ0n) is 9.86. The molecule has 0 saturated heterocycles. The van der Waals surface area contributed by atoms with Gasteiger partial charge in [0.25, 0.3) is 0 Å². The summed E-state index contributed by atoms with van der Waals surface area (Å²) in [6, 6.07) is 6.65. The highest BCUT2D eigenvalue weighted by molar-refractivity contribution is 5.15. The highest BCUT2D eigenvalue weighted by Crippen LogP contribution is 2.02. The predicted octanol–water partition coefficient (Wildman–Crippen LogP) is 1.89. The smallest absolute Gasteiger partial charge is 0.123 e. The number of nitrogens with one attached hydrogen (secondary N) is 1. The Morgan fingerprint density at radius 3 is 3.00 bits per heavy atom. The molecule has 90 valence electrons. The van der Waals surface area contributed by atoms with Gasteiger partial charge in [0.15, 0.2) is 0 Å². The summed E-state index contributed by atoms with van der Waals surface area (Å²) in [6.45, 7) is 1.53. The molecule has 0 radical (unpaired) electrons. The molecule has 0 saturated carbocycles. The first-order valence-electron chi connectivity index (χ1n) is 5.66. The molecule has 17 heavy (non-hydrogen) atoms. The standard InChI is InChI=1S/C13H16FN3/c1-17-9-13(16-10-17)5-6-15-8-11-3-2-4-12(14)7-11/h2-4,7,9-10,15H,5-6,8H2,1H3. The van der Waals surface area contributed by atoms with E-state index in [-0.39, 0.29) is 5.82 Å². The summed E-state index contributed by atoms with van der Waals surface area (Å²) >= 11 is 0. The number of halogens is 1. The van der Waals surface area contributed by atoms with E-state index in [0.29, 0.717) is 6.54 Å². The van der Waals surface area contributed by atoms with E-state index in [1.807, 2.05) is 23.9 Å². The van der Waals surface area contributed by atoms with Crippen molar-refractivity contribution in [2.24, 2.45) is 7.05 Å². The van der Waals surface area contributed by atoms with Crippen molar-refractivity contribution in [3.8, 4) is 0 Å². The second-order valence-corrected chi connectivity index (χ2v) is 4.09. The number of benzene rings is 1. The molecule has 3 nitrogen and oxygen atoms in total. The number of aromatic nitrogens is 2. The summed E-state index contributed by atoms with van der Waals surface area (Å²) < 4.78 is 14.8. The van der Waals surface area contributed by atoms with Crippen LogP contribution in [-0.2, 0) is 20.0 Å². The van der Waals surface area contributed by atoms with Crippen LogP contribution in [0.25, 0.3) is 0 Å². The van der Waals surface area contributed by atoms with Gasteiger partial charge in [-0.1, -0.05) is 12.1 Å². The fourth-order valence-electron chi connectivity index (χ4n) is 1.69. The summed E-state index contributed by atoms with van der Waals surface area (Å²) in [7, 11) is 1.96. The van der Waals surface area contributed by atoms with Crippen molar-refractivity contribution in [2.75, 3.05) is 6.54 Å². The third kappa shape index (κ3) is 3.67. The molecule has 4 heteroatoms. The summed E-state index contributed by atoms with van der Waals surface area (Å²) in [5.41, 5.74) is 2.03. The van der Waals surface area contributed by atoms with Gasteiger partial charge in [0.2, 0.25) is 0 Å². The number of nitrogens with zero attached hydrogens (tertiary/aromatic N) is 2. The average molecular weight is 233 g/mol. The van der Waals surface area contributed by atoms with Gasteiger partial charge in [-0.05, 0) is 17.7 Å². The lowest BCUT2D eigenvalue weighted by Gasteiger charge is -2.03. The molecule has 1 heterocycles. The van der Waals surface area contributed by atoms with Crippen LogP contribution in [0.4, 0.5) is 4.39 Å². The van der Waals surface area contributed by atoms with Crippen molar-refractivity contribution in [3.05, 3.63) is 53.9 Å². The average Bonchev–Trinajstić information content (AvgIpc) is 2.71. The summed E-state index contributed by atoms with van der Waals surface area (Å²) in [4.78, 5) is 4.24. The van der Waals surface area contributed by atoms with Crippen LogP contribution >= 0.6 is 0 Å². The van der Waals surface area contributed by atoms with Gasteiger partial charge in [-0.3, -0.25) is 0 Å². The second kappa shape index (κ2) is 5.59. The van der Waals surface area contributed by atoms with E-state index in [4.69, 9.17) is 0 Å². The van der Waals surface area contributed by atoms with Crippen LogP contribution < -0.4 is 5.32 Å². The Labute approximate surface area is 100 Å². The van der Waals surface area contributed by atoms with Gasteiger partial charge in [-0.25, -0.2) is 9.37 Å². The van der Waals surface area contributed by atoms with Crippen LogP contribution in [0.15, 0.2) is 36.8 Å². The van der Waals surface area contributed by atoms with Crippen LogP contribution in [0.3, 0.4) is 0 Å². The minimum Gasteiger partial charge on any atom is -0.340 e. The molecular weight excluding hydrogens is 217 g/mol. The van der Waals surface area contributed by atoms with Gasteiger partial charge in [-0.2, -0.15) is 0 Å². The minimum absolute atomic E-state index is 0.186. The number of hydrogen-bond donors (Lipinski definition) is 1. The fraction of sp³-hybridized carbons (Fsp3) is 0.308. The zero-order valence-corrected chi connectivity index (χ0v) is 9.86. The van der Waals surface area contributed by atoms with Gasteiger partial charge >= 0.3 is 0 Å². The van der Waals surface area contributed by atoms with Crippen molar-refractivity contribution < 1.29 is 4.39 Å². The molecule has 2 aromatic rings. The predicted molar refractivity (Wildman–Crippen MR) is 65.0 cm³/mol. The molecular formula is C13H16FN3. The van der Waals surface area contributed by atoms with E-state index in [2.05, 4.69) is 10.3 Å². The summed E-state index contributed by atoms with van der Waals surface area (Å²) in [5.74, 6) is -0.186. The monoisotopic (exact) mass is 233 g/mol. The van der Waals surface area contributed by atoms with Crippen molar-refractivity contribution >= 4 is 0 Å². The molecule has 0 bridgehead atoms. The van der Waals surface area contributed by atoms with E-state index in [0.717, 1.165) is 24.2 Å². The number of imidazole rings is 1. The van der Waals surface area contributed by atoms with E-state index >= 15 is 0 Å². The lowest BCUT2D eigenvalue weighted by Crippen LogP contribution is -2.16. The molecule has 0 amide bonds. The Kier molecular flexibility index (Phi) is 3.88. The molecule has 0 spiro atoms. The zero-order chi connectivity index (χ0) is 12.1. The summed E-state index contributed by atoms with van der Waals surface area (Å²) in [5, 5.41) is 3.27. The molecule has 0 aliphatic rings. The lowest BCUT2D eigenvalue weighted by molar-refractivity contribution is 0.619. The molecule has 0 atom stereocenters. The number of hydrogen-bond acceptors (Lipinski definition) is 2. The summed E-state index contributed by atoms with van der Waals surface area (Å²) in [6.07, 6.45) is 4.68. The van der Waals surface area contributed by atoms with Crippen molar-refractivity contribution in [3.63, 3.8) is 0 Å². The Morgan fingerprint density at radius 2 is 2.29 bits per heavy atom. The van der Waals surface area contributed by atoms with Gasteiger partial charge in [0, 0.05) is 32.8 Å². The SMILES string of the molecule is Cn1cnc(CCNCc2cccc(F)c2)c1. The normalized spacial score (nSPS) is 10.7. The van der Waals surface area contributed by atoms with E-state index in [9.17, 15) is 4.39 Å². The van der Waals surface area contributed by atoms with E-state index in [1.54, 1.807) is 18.5 Å². The first kappa shape index (κ1) is 11.8. The third-order valence-corrected chi connectivity index (χ3v) is 2.53. The highest BCUT2D eigenvalue weighted by atomic mass is 19.1. The molecule has 1 aromatic heterocycles. The fourth-order valence-corrected chi connectivity index (χ4v) is 1.69. The molecule has 0 aliphatic carbocycles. The molecule has 1 N–H and O–H groups in total. The Bertz CT molecular complexity index is 479. The van der Waals surface area contributed by atoms with Crippen LogP contribution in [-0.4, -0.2) is 16.1 Å². The maximum absolute atomic E-state index is 12.9. The lowest BCUT2D eigenvalue weighted by atomic mass is 10.2. The molecule has 0 aliphatic heterocycles. The third-order valence-electron chi connectivity index (χ3n) is 2.53. The molecule has 2 rings (SSSR count). The maximum atomic E-state index is 12.9. The van der Waals surface area contributed by atoms with Crippen molar-refractivity contribution in [2.45, 2.75) is 13.0 Å². The molecule has 0 unspecified atom stereocenters. The topological polar surface area (TPSA) is 29.9 Å². The van der Waals surface area contributed by atoms with Gasteiger partial charge < -0.3 is 9.88 Å². The van der Waals surface area contributed by atoms with Crippen LogP contribution in [0, 0.1) is 5.82 Å². The first-order valence-corrected chi connectivity index (χ1v) is 5.66. The van der Waals surface area contributed by atoms with Crippen molar-refractivity contribution in [1.29, 1.82) is 0 Å². The maximum Gasteiger partial charge on any atom is 0.123 e. The van der Waals surface area contributed by atoms with Gasteiger partial charge in [-0.15, -0.1) is 0 Å². The number of aryl methyl sites for hydroxylation is 1. The minimum atomic E-state index is -0.186. The Hall–Kier alpha value is -1.68. The van der Waals surface area contributed by atoms with Crippen LogP contribution in [0.5, 0.6) is 0 Å². The second-order valence-electron chi connectivity index (χ2n) is 4.09. The van der Waals surface area contributed by atoms with Gasteiger partial charge in [0.1, 0.15) is 5.82 Å². The molecule has 1 aromatic carbocycles. The van der Waals surface area contributed by atoms with E-state index < -0.39 is 0 Å². The van der Waals surface area contributed by atoms with Crippen molar-refractivity contribution in [1.82, 2.24) is 14.9 Å². The Morgan fingerprint density at radius 1 is 1.41 bits per heavy atom. The van der Waals surface area contributed by atoms with Gasteiger partial charge in [0.05, 0.1) is 12.0 Å². The van der Waals surface area contributed by atoms with E-state index in [1.165, 1.54) is 6.07 Å². The molecule has 0 fully saturated rings. The largest absolute Gasteiger partial charge is 0.340 e. The van der Waals surface area contributed by atoms with Crippen LogP contribution in [0.1, 0.15) is 11.3 Å².